The molecular weight excluding hydrogens is 1160 g/mol. The molecular formula is C66H75Cl2FN14O5. The number of aromatic hydroxyl groups is 1. The van der Waals surface area contributed by atoms with Crippen molar-refractivity contribution in [3.63, 3.8) is 0 Å². The third kappa shape index (κ3) is 11.2. The minimum absolute atomic E-state index is 0.00308. The average molecular weight is 1230 g/mol. The van der Waals surface area contributed by atoms with Gasteiger partial charge in [-0.05, 0) is 141 Å². The van der Waals surface area contributed by atoms with E-state index in [2.05, 4.69) is 71.9 Å². The van der Waals surface area contributed by atoms with Crippen LogP contribution in [-0.2, 0) is 56.9 Å². The lowest BCUT2D eigenvalue weighted by Crippen LogP contribution is -2.45. The number of phenols is 1. The van der Waals surface area contributed by atoms with Gasteiger partial charge in [0.05, 0.1) is 88.4 Å². The highest BCUT2D eigenvalue weighted by molar-refractivity contribution is 6.37. The highest BCUT2D eigenvalue weighted by Gasteiger charge is 2.39. The summed E-state index contributed by atoms with van der Waals surface area (Å²) in [6.07, 6.45) is 11.2. The number of ether oxygens (including phenoxy) is 3. The molecule has 0 amide bonds. The standard InChI is InChI=1S/C66H75Cl2FN14O5/c1-39-29-80-37-70-28-46(80)31-82(39)61-49-17-21-79(33-54(49)72-64(74-61)86-35-44-12-9-18-76(44)5)56-26-48(24-43-11-8-14-52(68)59(43)56)88-63(85)66(3,4)27-41-15-19-77(6)45(22-41)36-87-65-73-53-32-78(55-25-47(84)23-42-10-7-13-51(67)58(42)55)20-16-50(53)62(75-65)83-34-57-60(69)71-38-81(57)30-40(83)2/h7-8,10-11,13-14,23-26,28,37-41,44-45,84H,9,12,15-22,27,29-36H2,1-6H3/t39-,40-,41?,44+,45-/m1/s1. The molecule has 0 spiro atoms. The predicted molar refractivity (Wildman–Crippen MR) is 339 cm³/mol. The summed E-state index contributed by atoms with van der Waals surface area (Å²) in [5.41, 5.74) is 6.28. The van der Waals surface area contributed by atoms with E-state index in [-0.39, 0.29) is 41.8 Å². The van der Waals surface area contributed by atoms with Crippen LogP contribution in [0.3, 0.4) is 0 Å². The number of imidazole rings is 2. The van der Waals surface area contributed by atoms with Gasteiger partial charge in [0, 0.05) is 90.6 Å². The first-order valence-electron chi connectivity index (χ1n) is 31.0. The van der Waals surface area contributed by atoms with Crippen molar-refractivity contribution in [2.24, 2.45) is 11.3 Å². The lowest BCUT2D eigenvalue weighted by atomic mass is 9.77. The Balaban J connectivity index is 0.690. The third-order valence-electron chi connectivity index (χ3n) is 19.5. The normalized spacial score (nSPS) is 21.6. The van der Waals surface area contributed by atoms with Gasteiger partial charge in [0.1, 0.15) is 36.3 Å². The maximum atomic E-state index is 15.2. The lowest BCUT2D eigenvalue weighted by Gasteiger charge is -2.40. The molecule has 460 valence electrons. The van der Waals surface area contributed by atoms with E-state index in [9.17, 15) is 9.90 Å². The molecule has 88 heavy (non-hydrogen) atoms. The smallest absolute Gasteiger partial charge is 0.318 e. The number of halogens is 3. The Morgan fingerprint density at radius 2 is 1.33 bits per heavy atom. The van der Waals surface area contributed by atoms with Crippen LogP contribution in [0.25, 0.3) is 21.5 Å². The van der Waals surface area contributed by atoms with E-state index < -0.39 is 11.4 Å². The van der Waals surface area contributed by atoms with E-state index in [0.29, 0.717) is 112 Å². The maximum absolute atomic E-state index is 15.2. The van der Waals surface area contributed by atoms with Crippen molar-refractivity contribution in [2.75, 3.05) is 73.1 Å². The van der Waals surface area contributed by atoms with Crippen molar-refractivity contribution >= 4 is 73.7 Å². The Morgan fingerprint density at radius 1 is 0.716 bits per heavy atom. The second kappa shape index (κ2) is 23.5. The molecule has 22 heteroatoms. The molecule has 2 fully saturated rings. The number of carbonyl (C=O) groups is 1. The second-order valence-corrected chi connectivity index (χ2v) is 26.8. The maximum Gasteiger partial charge on any atom is 0.318 e. The van der Waals surface area contributed by atoms with E-state index in [1.807, 2.05) is 79.5 Å². The SMILES string of the molecule is C[C@@H]1Cn2cncc2CN1c1nc(OC[C@@H]2CCCN2C)nc2c1CCN(c1cc(OC(=O)C(C)(C)CC3CCN(C)[C@@H](COc4nc5c(c(N6Cc7c(F)ncn7C[C@H]6C)n4)CCN(c4cc(O)cc6cccc(Cl)c46)C5)C3)cc3cccc(Cl)c13)C2. The minimum Gasteiger partial charge on any atom is -0.508 e. The summed E-state index contributed by atoms with van der Waals surface area (Å²) >= 11 is 14.0. The van der Waals surface area contributed by atoms with Crippen LogP contribution in [0.2, 0.25) is 10.0 Å². The fourth-order valence-electron chi connectivity index (χ4n) is 14.6. The van der Waals surface area contributed by atoms with Crippen LogP contribution >= 0.6 is 23.2 Å². The van der Waals surface area contributed by atoms with Gasteiger partial charge in [-0.15, -0.1) is 0 Å². The van der Waals surface area contributed by atoms with Crippen LogP contribution in [0.5, 0.6) is 23.5 Å². The molecule has 8 aromatic rings. The van der Waals surface area contributed by atoms with Crippen LogP contribution in [0.15, 0.2) is 79.5 Å². The van der Waals surface area contributed by atoms with E-state index >= 15 is 4.39 Å². The fraction of sp³-hybridized carbons (Fsp3) is 0.470. The minimum atomic E-state index is -0.840. The van der Waals surface area contributed by atoms with Crippen molar-refractivity contribution in [1.82, 2.24) is 48.8 Å². The number of likely N-dealkylation sites (tertiary alicyclic amines) is 2. The molecule has 1 N–H and O–H groups in total. The first-order chi connectivity index (χ1) is 42.5. The van der Waals surface area contributed by atoms with Crippen molar-refractivity contribution in [1.29, 1.82) is 0 Å². The van der Waals surface area contributed by atoms with Crippen LogP contribution in [-0.4, -0.2) is 138 Å². The van der Waals surface area contributed by atoms with E-state index in [0.717, 1.165) is 118 Å². The number of hydrogen-bond acceptors (Lipinski definition) is 17. The van der Waals surface area contributed by atoms with Crippen LogP contribution < -0.4 is 33.8 Å². The predicted octanol–water partition coefficient (Wildman–Crippen LogP) is 10.6. The van der Waals surface area contributed by atoms with Crippen molar-refractivity contribution < 1.29 is 28.5 Å². The number of fused-ring (bicyclic) bond motifs is 6. The molecule has 0 saturated carbocycles. The summed E-state index contributed by atoms with van der Waals surface area (Å²) in [5, 5.41) is 15.6. The Labute approximate surface area is 522 Å². The van der Waals surface area contributed by atoms with E-state index in [4.69, 9.17) is 57.3 Å². The first kappa shape index (κ1) is 58.2. The van der Waals surface area contributed by atoms with Crippen LogP contribution in [0.1, 0.15) is 93.7 Å². The molecule has 1 unspecified atom stereocenters. The molecule has 0 radical (unpaired) electrons. The number of nitrogens with zero attached hydrogens (tertiary/aromatic N) is 14. The number of piperidine rings is 1. The van der Waals surface area contributed by atoms with Gasteiger partial charge in [-0.1, -0.05) is 47.5 Å². The zero-order chi connectivity index (χ0) is 60.7. The Kier molecular flexibility index (Phi) is 15.5. The van der Waals surface area contributed by atoms with Gasteiger partial charge in [-0.2, -0.15) is 24.3 Å². The number of esters is 1. The van der Waals surface area contributed by atoms with Crippen molar-refractivity contribution in [2.45, 2.75) is 136 Å². The molecule has 14 rings (SSSR count). The molecule has 4 aromatic carbocycles. The molecule has 0 aliphatic carbocycles. The van der Waals surface area contributed by atoms with Gasteiger partial charge in [0.25, 0.3) is 0 Å². The summed E-state index contributed by atoms with van der Waals surface area (Å²) in [6.45, 7) is 15.5. The summed E-state index contributed by atoms with van der Waals surface area (Å²) in [6, 6.07) is 20.0. The van der Waals surface area contributed by atoms with Crippen LogP contribution in [0.4, 0.5) is 27.4 Å². The molecule has 0 bridgehead atoms. The number of phenolic OH excluding ortho intramolecular Hbond substituents is 1. The third-order valence-corrected chi connectivity index (χ3v) is 20.2. The molecule has 19 nitrogen and oxygen atoms in total. The van der Waals surface area contributed by atoms with Gasteiger partial charge in [0.15, 0.2) is 0 Å². The monoisotopic (exact) mass is 1230 g/mol. The number of likely N-dealkylation sites (N-methyl/N-ethyl adjacent to an activating group) is 2. The number of hydrogen-bond donors (Lipinski definition) is 1. The summed E-state index contributed by atoms with van der Waals surface area (Å²) in [4.78, 5) is 57.4. The topological polar surface area (TPSA) is 172 Å². The molecule has 6 aliphatic rings. The van der Waals surface area contributed by atoms with Gasteiger partial charge in [-0.3, -0.25) is 4.79 Å². The average Bonchev–Trinajstić information content (AvgIpc) is 2.05. The first-order valence-corrected chi connectivity index (χ1v) is 31.8. The number of aromatic nitrogens is 8. The number of carbonyl (C=O) groups excluding carboxylic acids is 1. The van der Waals surface area contributed by atoms with Gasteiger partial charge in [0.2, 0.25) is 5.95 Å². The largest absolute Gasteiger partial charge is 0.508 e. The number of anilines is 4. The van der Waals surface area contributed by atoms with Crippen molar-refractivity contribution in [3.8, 4) is 23.5 Å². The Hall–Kier alpha value is -7.52. The number of rotatable bonds is 14. The highest BCUT2D eigenvalue weighted by Crippen LogP contribution is 2.44. The second-order valence-electron chi connectivity index (χ2n) is 26.0. The summed E-state index contributed by atoms with van der Waals surface area (Å²) < 4.78 is 39.0. The molecule has 6 aliphatic heterocycles. The summed E-state index contributed by atoms with van der Waals surface area (Å²) in [5.74, 6) is 1.63. The van der Waals surface area contributed by atoms with Gasteiger partial charge < -0.3 is 57.9 Å². The number of benzene rings is 4. The highest BCUT2D eigenvalue weighted by atomic mass is 35.5. The van der Waals surface area contributed by atoms with Crippen molar-refractivity contribution in [3.05, 3.63) is 129 Å². The van der Waals surface area contributed by atoms with Gasteiger partial charge >= 0.3 is 18.0 Å². The van der Waals surface area contributed by atoms with E-state index in [1.54, 1.807) is 18.5 Å². The van der Waals surface area contributed by atoms with Crippen LogP contribution in [0, 0.1) is 17.3 Å². The quantitative estimate of drug-likeness (QED) is 0.0804. The zero-order valence-electron chi connectivity index (χ0n) is 50.8. The van der Waals surface area contributed by atoms with E-state index in [1.165, 1.54) is 0 Å². The Morgan fingerprint density at radius 3 is 1.99 bits per heavy atom. The molecule has 5 atom stereocenters. The molecule has 10 heterocycles. The Bertz CT molecular complexity index is 3990. The molecule has 4 aromatic heterocycles. The summed E-state index contributed by atoms with van der Waals surface area (Å²) in [7, 11) is 4.27. The fourth-order valence-corrected chi connectivity index (χ4v) is 15.1. The molecule has 2 saturated heterocycles. The zero-order valence-corrected chi connectivity index (χ0v) is 52.3. The lowest BCUT2D eigenvalue weighted by molar-refractivity contribution is -0.145. The van der Waals surface area contributed by atoms with Gasteiger partial charge in [-0.25, -0.2) is 9.97 Å².